The van der Waals surface area contributed by atoms with Crippen LogP contribution in [-0.4, -0.2) is 53.5 Å². The van der Waals surface area contributed by atoms with Crippen LogP contribution in [0.5, 0.6) is 0 Å². The fourth-order valence-corrected chi connectivity index (χ4v) is 3.09. The van der Waals surface area contributed by atoms with Crippen LogP contribution in [0.25, 0.3) is 0 Å². The summed E-state index contributed by atoms with van der Waals surface area (Å²) in [5.74, 6) is -0.921. The lowest BCUT2D eigenvalue weighted by molar-refractivity contribution is -0.146. The summed E-state index contributed by atoms with van der Waals surface area (Å²) in [6.45, 7) is 6.87. The van der Waals surface area contributed by atoms with Gasteiger partial charge in [-0.25, -0.2) is 9.59 Å². The highest BCUT2D eigenvalue weighted by Crippen LogP contribution is 2.44. The molecular weight excluding hydrogens is 274 g/mol. The Labute approximate surface area is 125 Å². The molecule has 0 atom stereocenters. The number of carbonyl (C=O) groups excluding carboxylic acids is 1. The topological polar surface area (TPSA) is 76.1 Å². The summed E-state index contributed by atoms with van der Waals surface area (Å²) in [4.78, 5) is 24.2. The average molecular weight is 299 g/mol. The molecule has 0 radical (unpaired) electrons. The second kappa shape index (κ2) is 5.83. The van der Waals surface area contributed by atoms with E-state index in [9.17, 15) is 9.59 Å². The fourth-order valence-electron chi connectivity index (χ4n) is 3.09. The van der Waals surface area contributed by atoms with Crippen LogP contribution < -0.4 is 0 Å². The first kappa shape index (κ1) is 16.1. The molecule has 0 aromatic carbocycles. The smallest absolute Gasteiger partial charge is 0.410 e. The van der Waals surface area contributed by atoms with Crippen molar-refractivity contribution in [2.75, 3.05) is 19.7 Å². The number of carboxylic acid groups (broad SMARTS) is 1. The summed E-state index contributed by atoms with van der Waals surface area (Å²) in [6, 6.07) is 0. The number of rotatable bonds is 3. The summed E-state index contributed by atoms with van der Waals surface area (Å²) in [6.07, 6.45) is 3.51. The molecule has 1 heterocycles. The van der Waals surface area contributed by atoms with E-state index in [4.69, 9.17) is 14.6 Å². The molecule has 1 saturated heterocycles. The second-order valence-corrected chi connectivity index (χ2v) is 7.24. The van der Waals surface area contributed by atoms with Gasteiger partial charge in [0.2, 0.25) is 0 Å². The number of aliphatic carboxylic acids is 1. The van der Waals surface area contributed by atoms with Gasteiger partial charge in [-0.3, -0.25) is 0 Å². The molecule has 1 saturated carbocycles. The van der Waals surface area contributed by atoms with Crippen molar-refractivity contribution < 1.29 is 24.2 Å². The van der Waals surface area contributed by atoms with E-state index in [0.29, 0.717) is 0 Å². The highest BCUT2D eigenvalue weighted by atomic mass is 16.6. The zero-order valence-electron chi connectivity index (χ0n) is 13.1. The van der Waals surface area contributed by atoms with E-state index < -0.39 is 11.6 Å². The van der Waals surface area contributed by atoms with E-state index in [1.165, 1.54) is 0 Å². The van der Waals surface area contributed by atoms with Crippen molar-refractivity contribution >= 4 is 12.1 Å². The number of likely N-dealkylation sites (tertiary alicyclic amines) is 1. The largest absolute Gasteiger partial charge is 0.480 e. The Bertz CT molecular complexity index is 399. The number of ether oxygens (including phenoxy) is 2. The van der Waals surface area contributed by atoms with Gasteiger partial charge in [0.15, 0.2) is 0 Å². The molecule has 6 heteroatoms. The number of hydrogen-bond acceptors (Lipinski definition) is 4. The third-order valence-electron chi connectivity index (χ3n) is 4.14. The van der Waals surface area contributed by atoms with Crippen LogP contribution in [-0.2, 0) is 14.3 Å². The Hall–Kier alpha value is -1.30. The molecule has 2 aliphatic rings. The molecule has 21 heavy (non-hydrogen) atoms. The van der Waals surface area contributed by atoms with Gasteiger partial charge in [0.25, 0.3) is 0 Å². The first-order chi connectivity index (χ1) is 9.69. The normalized spacial score (nSPS) is 22.0. The number of hydrogen-bond donors (Lipinski definition) is 1. The van der Waals surface area contributed by atoms with Crippen molar-refractivity contribution in [1.29, 1.82) is 0 Å². The number of carbonyl (C=O) groups is 2. The Morgan fingerprint density at radius 1 is 1.24 bits per heavy atom. The van der Waals surface area contributed by atoms with Gasteiger partial charge in [0.1, 0.15) is 12.2 Å². The van der Waals surface area contributed by atoms with Gasteiger partial charge in [-0.1, -0.05) is 0 Å². The van der Waals surface area contributed by atoms with Crippen LogP contribution in [0, 0.1) is 5.41 Å². The SMILES string of the molecule is CC(C)(C)OC(=O)N1CC2(CCC(OCC(=O)O)CC2)C1. The van der Waals surface area contributed by atoms with Gasteiger partial charge in [-0.15, -0.1) is 0 Å². The molecule has 1 aliphatic heterocycles. The van der Waals surface area contributed by atoms with Gasteiger partial charge in [-0.05, 0) is 46.5 Å². The van der Waals surface area contributed by atoms with Crippen LogP contribution in [0.2, 0.25) is 0 Å². The summed E-state index contributed by atoms with van der Waals surface area (Å²) < 4.78 is 10.7. The summed E-state index contributed by atoms with van der Waals surface area (Å²) in [7, 11) is 0. The Kier molecular flexibility index (Phi) is 4.46. The minimum atomic E-state index is -0.921. The van der Waals surface area contributed by atoms with Gasteiger partial charge < -0.3 is 19.5 Å². The highest BCUT2D eigenvalue weighted by Gasteiger charge is 2.48. The number of amides is 1. The Morgan fingerprint density at radius 2 is 1.81 bits per heavy atom. The zero-order chi connectivity index (χ0) is 15.7. The zero-order valence-corrected chi connectivity index (χ0v) is 13.1. The predicted octanol–water partition coefficient (Wildman–Crippen LogP) is 2.27. The van der Waals surface area contributed by atoms with E-state index in [1.807, 2.05) is 20.8 Å². The standard InChI is InChI=1S/C15H25NO5/c1-14(2,3)21-13(19)16-9-15(10-16)6-4-11(5-7-15)20-8-12(17)18/h11H,4-10H2,1-3H3,(H,17,18). The molecule has 0 aromatic rings. The first-order valence-electron chi connectivity index (χ1n) is 7.50. The summed E-state index contributed by atoms with van der Waals surface area (Å²) in [5.41, 5.74) is -0.262. The molecule has 0 aromatic heterocycles. The molecule has 0 unspecified atom stereocenters. The van der Waals surface area contributed by atoms with Crippen molar-refractivity contribution in [3.63, 3.8) is 0 Å². The molecule has 120 valence electrons. The van der Waals surface area contributed by atoms with E-state index in [-0.39, 0.29) is 24.2 Å². The Balaban J connectivity index is 1.72. The van der Waals surface area contributed by atoms with Crippen molar-refractivity contribution in [1.82, 2.24) is 4.90 Å². The average Bonchev–Trinajstić information content (AvgIpc) is 2.32. The maximum absolute atomic E-state index is 11.9. The monoisotopic (exact) mass is 299 g/mol. The quantitative estimate of drug-likeness (QED) is 0.865. The molecule has 1 spiro atoms. The van der Waals surface area contributed by atoms with E-state index >= 15 is 0 Å². The molecule has 1 aliphatic carbocycles. The van der Waals surface area contributed by atoms with Crippen molar-refractivity contribution in [3.05, 3.63) is 0 Å². The molecular formula is C15H25NO5. The molecule has 2 rings (SSSR count). The third kappa shape index (κ3) is 4.33. The molecule has 0 bridgehead atoms. The molecule has 1 amide bonds. The van der Waals surface area contributed by atoms with E-state index in [0.717, 1.165) is 38.8 Å². The highest BCUT2D eigenvalue weighted by molar-refractivity contribution is 5.69. The lowest BCUT2D eigenvalue weighted by atomic mass is 9.68. The van der Waals surface area contributed by atoms with E-state index in [2.05, 4.69) is 0 Å². The van der Waals surface area contributed by atoms with Crippen molar-refractivity contribution in [3.8, 4) is 0 Å². The molecule has 6 nitrogen and oxygen atoms in total. The number of carboxylic acids is 1. The first-order valence-corrected chi connectivity index (χ1v) is 7.50. The minimum absolute atomic E-state index is 0.0438. The van der Waals surface area contributed by atoms with Gasteiger partial charge in [-0.2, -0.15) is 0 Å². The summed E-state index contributed by atoms with van der Waals surface area (Å²) >= 11 is 0. The molecule has 2 fully saturated rings. The van der Waals surface area contributed by atoms with Crippen LogP contribution in [0.3, 0.4) is 0 Å². The maximum atomic E-state index is 11.9. The predicted molar refractivity (Wildman–Crippen MR) is 76.1 cm³/mol. The minimum Gasteiger partial charge on any atom is -0.480 e. The lowest BCUT2D eigenvalue weighted by Crippen LogP contribution is -2.60. The maximum Gasteiger partial charge on any atom is 0.410 e. The van der Waals surface area contributed by atoms with Gasteiger partial charge in [0.05, 0.1) is 6.10 Å². The van der Waals surface area contributed by atoms with Gasteiger partial charge in [0, 0.05) is 18.5 Å². The lowest BCUT2D eigenvalue weighted by Gasteiger charge is -2.53. The van der Waals surface area contributed by atoms with Crippen LogP contribution in [0.4, 0.5) is 4.79 Å². The second-order valence-electron chi connectivity index (χ2n) is 7.24. The Morgan fingerprint density at radius 3 is 2.29 bits per heavy atom. The molecule has 1 N–H and O–H groups in total. The van der Waals surface area contributed by atoms with Crippen LogP contribution in [0.1, 0.15) is 46.5 Å². The van der Waals surface area contributed by atoms with Crippen molar-refractivity contribution in [2.24, 2.45) is 5.41 Å². The van der Waals surface area contributed by atoms with E-state index in [1.54, 1.807) is 4.90 Å². The van der Waals surface area contributed by atoms with Crippen LogP contribution >= 0.6 is 0 Å². The summed E-state index contributed by atoms with van der Waals surface area (Å²) in [5, 5.41) is 8.61. The number of nitrogens with zero attached hydrogens (tertiary/aromatic N) is 1. The fraction of sp³-hybridized carbons (Fsp3) is 0.867. The van der Waals surface area contributed by atoms with Gasteiger partial charge >= 0.3 is 12.1 Å². The van der Waals surface area contributed by atoms with Crippen LogP contribution in [0.15, 0.2) is 0 Å². The third-order valence-corrected chi connectivity index (χ3v) is 4.14. The van der Waals surface area contributed by atoms with Crippen molar-refractivity contribution in [2.45, 2.75) is 58.2 Å².